The molecule has 1 aliphatic carbocycles. The average Bonchev–Trinajstić information content (AvgIpc) is 2.83. The molecule has 0 aromatic heterocycles. The largest absolute Gasteiger partial charge is 0.493 e. The van der Waals surface area contributed by atoms with Crippen molar-refractivity contribution in [3.63, 3.8) is 0 Å². The maximum absolute atomic E-state index is 10.7. The van der Waals surface area contributed by atoms with Crippen molar-refractivity contribution in [2.75, 3.05) is 6.61 Å². The molecule has 1 aliphatic rings. The predicted octanol–water partition coefficient (Wildman–Crippen LogP) is 8.65. The monoisotopic (exact) mass is 450 g/mol. The lowest BCUT2D eigenvalue weighted by Gasteiger charge is -2.28. The van der Waals surface area contributed by atoms with Crippen molar-refractivity contribution in [1.29, 1.82) is 0 Å². The highest BCUT2D eigenvalue weighted by atomic mass is 16.5. The van der Waals surface area contributed by atoms with Crippen LogP contribution in [0.4, 0.5) is 0 Å². The lowest BCUT2D eigenvalue weighted by molar-refractivity contribution is -0.131. The van der Waals surface area contributed by atoms with Crippen LogP contribution in [0.5, 0.6) is 5.75 Å². The minimum Gasteiger partial charge on any atom is -0.493 e. The SMILES string of the molecule is CCCCCCCCCC[C@H]1CC[C@@H](COc2ccc3cc(C=CC(=O)O)ccc3c2)CC1. The molecular weight excluding hydrogens is 408 g/mol. The van der Waals surface area contributed by atoms with Crippen LogP contribution in [0.1, 0.15) is 96.0 Å². The van der Waals surface area contributed by atoms with E-state index in [-0.39, 0.29) is 0 Å². The summed E-state index contributed by atoms with van der Waals surface area (Å²) in [5.74, 6) is 1.61. The molecule has 1 N–H and O–H groups in total. The number of hydrogen-bond acceptors (Lipinski definition) is 2. The molecule has 0 unspecified atom stereocenters. The molecule has 0 atom stereocenters. The number of aliphatic carboxylic acids is 1. The molecule has 0 radical (unpaired) electrons. The van der Waals surface area contributed by atoms with E-state index < -0.39 is 5.97 Å². The Labute approximate surface area is 200 Å². The Hall–Kier alpha value is -2.29. The molecule has 1 fully saturated rings. The number of fused-ring (bicyclic) bond motifs is 1. The fourth-order valence-corrected chi connectivity index (χ4v) is 5.07. The minimum absolute atomic E-state index is 0.680. The van der Waals surface area contributed by atoms with Gasteiger partial charge in [0.2, 0.25) is 0 Å². The van der Waals surface area contributed by atoms with E-state index >= 15 is 0 Å². The second kappa shape index (κ2) is 14.1. The molecule has 2 aromatic carbocycles. The lowest BCUT2D eigenvalue weighted by Crippen LogP contribution is -2.20. The Morgan fingerprint density at radius 2 is 1.52 bits per heavy atom. The van der Waals surface area contributed by atoms with Gasteiger partial charge >= 0.3 is 5.97 Å². The van der Waals surface area contributed by atoms with Crippen LogP contribution in [0.3, 0.4) is 0 Å². The first kappa shape index (κ1) is 25.3. The number of carbonyl (C=O) groups is 1. The predicted molar refractivity (Wildman–Crippen MR) is 139 cm³/mol. The van der Waals surface area contributed by atoms with Crippen LogP contribution >= 0.6 is 0 Å². The minimum atomic E-state index is -0.930. The molecule has 0 heterocycles. The summed E-state index contributed by atoms with van der Waals surface area (Å²) in [6, 6.07) is 12.2. The number of unbranched alkanes of at least 4 members (excludes halogenated alkanes) is 7. The molecule has 3 heteroatoms. The van der Waals surface area contributed by atoms with Gasteiger partial charge in [-0.2, -0.15) is 0 Å². The van der Waals surface area contributed by atoms with Crippen molar-refractivity contribution in [3.8, 4) is 5.75 Å². The average molecular weight is 451 g/mol. The highest BCUT2D eigenvalue weighted by Gasteiger charge is 2.21. The highest BCUT2D eigenvalue weighted by Crippen LogP contribution is 2.33. The first-order valence-electron chi connectivity index (χ1n) is 13.2. The van der Waals surface area contributed by atoms with E-state index in [0.717, 1.165) is 34.6 Å². The maximum atomic E-state index is 10.7. The van der Waals surface area contributed by atoms with Crippen molar-refractivity contribution in [1.82, 2.24) is 0 Å². The third-order valence-electron chi connectivity index (χ3n) is 7.17. The molecule has 1 saturated carbocycles. The zero-order valence-corrected chi connectivity index (χ0v) is 20.4. The van der Waals surface area contributed by atoms with Crippen molar-refractivity contribution in [3.05, 3.63) is 48.0 Å². The number of carboxylic acid groups (broad SMARTS) is 1. The molecule has 0 saturated heterocycles. The molecule has 0 amide bonds. The summed E-state index contributed by atoms with van der Waals surface area (Å²) in [4.78, 5) is 10.7. The summed E-state index contributed by atoms with van der Waals surface area (Å²) in [5, 5.41) is 11.0. The van der Waals surface area contributed by atoms with Gasteiger partial charge in [0, 0.05) is 6.08 Å². The summed E-state index contributed by atoms with van der Waals surface area (Å²) in [6.07, 6.45) is 20.9. The molecule has 0 bridgehead atoms. The number of benzene rings is 2. The third kappa shape index (κ3) is 9.23. The summed E-state index contributed by atoms with van der Waals surface area (Å²) in [5.41, 5.74) is 0.891. The van der Waals surface area contributed by atoms with Crippen LogP contribution in [-0.2, 0) is 4.79 Å². The van der Waals surface area contributed by atoms with E-state index in [4.69, 9.17) is 9.84 Å². The topological polar surface area (TPSA) is 46.5 Å². The molecule has 3 rings (SSSR count). The molecule has 33 heavy (non-hydrogen) atoms. The van der Waals surface area contributed by atoms with Gasteiger partial charge in [-0.3, -0.25) is 0 Å². The van der Waals surface area contributed by atoms with Gasteiger partial charge in [-0.15, -0.1) is 0 Å². The van der Waals surface area contributed by atoms with Crippen LogP contribution in [0.2, 0.25) is 0 Å². The van der Waals surface area contributed by atoms with Crippen LogP contribution < -0.4 is 4.74 Å². The van der Waals surface area contributed by atoms with Gasteiger partial charge in [-0.1, -0.05) is 95.8 Å². The summed E-state index contributed by atoms with van der Waals surface area (Å²) >= 11 is 0. The zero-order chi connectivity index (χ0) is 23.3. The van der Waals surface area contributed by atoms with Gasteiger partial charge in [0.15, 0.2) is 0 Å². The van der Waals surface area contributed by atoms with Crippen LogP contribution in [0.15, 0.2) is 42.5 Å². The Bertz CT molecular complexity index is 877. The van der Waals surface area contributed by atoms with Crippen LogP contribution in [-0.4, -0.2) is 17.7 Å². The number of ether oxygens (including phenoxy) is 1. The van der Waals surface area contributed by atoms with Crippen LogP contribution in [0, 0.1) is 11.8 Å². The van der Waals surface area contributed by atoms with Gasteiger partial charge in [0.25, 0.3) is 0 Å². The fraction of sp³-hybridized carbons (Fsp3) is 0.567. The highest BCUT2D eigenvalue weighted by molar-refractivity contribution is 5.89. The zero-order valence-electron chi connectivity index (χ0n) is 20.4. The first-order valence-corrected chi connectivity index (χ1v) is 13.2. The van der Waals surface area contributed by atoms with E-state index in [1.165, 1.54) is 89.5 Å². The molecule has 0 aliphatic heterocycles. The lowest BCUT2D eigenvalue weighted by atomic mass is 9.80. The summed E-state index contributed by atoms with van der Waals surface area (Å²) in [6.45, 7) is 3.10. The quantitative estimate of drug-likeness (QED) is 0.231. The van der Waals surface area contributed by atoms with E-state index in [9.17, 15) is 4.79 Å². The first-order chi connectivity index (χ1) is 16.1. The second-order valence-corrected chi connectivity index (χ2v) is 9.90. The van der Waals surface area contributed by atoms with Crippen molar-refractivity contribution >= 4 is 22.8 Å². The van der Waals surface area contributed by atoms with Gasteiger partial charge in [0.05, 0.1) is 6.61 Å². The normalized spacial score (nSPS) is 18.7. The second-order valence-electron chi connectivity index (χ2n) is 9.90. The van der Waals surface area contributed by atoms with Crippen molar-refractivity contribution in [2.24, 2.45) is 11.8 Å². The number of hydrogen-bond donors (Lipinski definition) is 1. The molecule has 180 valence electrons. The van der Waals surface area contributed by atoms with E-state index in [2.05, 4.69) is 19.1 Å². The van der Waals surface area contributed by atoms with Crippen LogP contribution in [0.25, 0.3) is 16.8 Å². The Morgan fingerprint density at radius 1 is 0.879 bits per heavy atom. The number of rotatable bonds is 14. The van der Waals surface area contributed by atoms with Gasteiger partial charge in [0.1, 0.15) is 5.75 Å². The maximum Gasteiger partial charge on any atom is 0.328 e. The summed E-state index contributed by atoms with van der Waals surface area (Å²) < 4.78 is 6.16. The standard InChI is InChI=1S/C30H42O3/c1-2-3-4-5-6-7-8-9-10-24-11-13-26(14-12-24)23-33-29-19-18-27-21-25(16-20-30(31)32)15-17-28(27)22-29/h15-22,24,26H,2-14,23H2,1H3,(H,31,32)/t24-,26+. The Balaban J connectivity index is 1.33. The van der Waals surface area contributed by atoms with E-state index in [0.29, 0.717) is 5.92 Å². The van der Waals surface area contributed by atoms with E-state index in [1.807, 2.05) is 24.3 Å². The van der Waals surface area contributed by atoms with Gasteiger partial charge in [-0.25, -0.2) is 4.79 Å². The molecular formula is C30H42O3. The molecule has 0 spiro atoms. The molecule has 2 aromatic rings. The van der Waals surface area contributed by atoms with Gasteiger partial charge in [-0.05, 0) is 65.3 Å². The Kier molecular flexibility index (Phi) is 10.8. The fourth-order valence-electron chi connectivity index (χ4n) is 5.07. The van der Waals surface area contributed by atoms with Crippen molar-refractivity contribution in [2.45, 2.75) is 90.4 Å². The number of carboxylic acids is 1. The van der Waals surface area contributed by atoms with Gasteiger partial charge < -0.3 is 9.84 Å². The smallest absolute Gasteiger partial charge is 0.328 e. The molecule has 3 nitrogen and oxygen atoms in total. The van der Waals surface area contributed by atoms with E-state index in [1.54, 1.807) is 6.08 Å². The summed E-state index contributed by atoms with van der Waals surface area (Å²) in [7, 11) is 0. The third-order valence-corrected chi connectivity index (χ3v) is 7.17. The van der Waals surface area contributed by atoms with Crippen molar-refractivity contribution < 1.29 is 14.6 Å². The Morgan fingerprint density at radius 3 is 2.24 bits per heavy atom.